The number of likely N-dealkylation sites (tertiary alicyclic amines) is 1. The maximum atomic E-state index is 12.8. The highest BCUT2D eigenvalue weighted by Crippen LogP contribution is 2.29. The molecule has 1 aliphatic carbocycles. The van der Waals surface area contributed by atoms with Gasteiger partial charge in [-0.3, -0.25) is 0 Å². The van der Waals surface area contributed by atoms with Crippen LogP contribution in [-0.4, -0.2) is 38.5 Å². The topological polar surface area (TPSA) is 49.4 Å². The van der Waals surface area contributed by atoms with Crippen LogP contribution in [0.1, 0.15) is 25.7 Å². The Kier molecular flexibility index (Phi) is 3.79. The molecule has 0 spiro atoms. The fourth-order valence-corrected chi connectivity index (χ4v) is 4.03. The number of nitrogens with one attached hydrogen (secondary N) is 1. The molecule has 2 aliphatic rings. The van der Waals surface area contributed by atoms with E-state index in [4.69, 9.17) is 0 Å². The lowest BCUT2D eigenvalue weighted by molar-refractivity contribution is 0.199. The zero-order valence-electron chi connectivity index (χ0n) is 11.3. The summed E-state index contributed by atoms with van der Waals surface area (Å²) in [5, 5.41) is 0. The van der Waals surface area contributed by atoms with Crippen LogP contribution in [0.4, 0.5) is 4.39 Å². The lowest BCUT2D eigenvalue weighted by atomic mass is 10.1. The molecule has 1 aromatic rings. The van der Waals surface area contributed by atoms with Crippen LogP contribution in [0.5, 0.6) is 0 Å². The summed E-state index contributed by atoms with van der Waals surface area (Å²) in [5.41, 5.74) is 0. The third-order valence-corrected chi connectivity index (χ3v) is 5.57. The van der Waals surface area contributed by atoms with Crippen molar-refractivity contribution in [3.05, 3.63) is 30.1 Å². The monoisotopic (exact) mass is 298 g/mol. The van der Waals surface area contributed by atoms with E-state index in [-0.39, 0.29) is 10.9 Å². The van der Waals surface area contributed by atoms with Crippen molar-refractivity contribution >= 4 is 10.0 Å². The quantitative estimate of drug-likeness (QED) is 0.921. The van der Waals surface area contributed by atoms with Gasteiger partial charge in [-0.05, 0) is 63.0 Å². The predicted molar refractivity (Wildman–Crippen MR) is 74.3 cm³/mol. The molecular weight excluding hydrogens is 279 g/mol. The number of hydrogen-bond donors (Lipinski definition) is 1. The highest BCUT2D eigenvalue weighted by Gasteiger charge is 2.32. The van der Waals surface area contributed by atoms with Crippen LogP contribution in [0.25, 0.3) is 0 Å². The van der Waals surface area contributed by atoms with Gasteiger partial charge in [0.2, 0.25) is 10.0 Å². The summed E-state index contributed by atoms with van der Waals surface area (Å²) in [4.78, 5) is 2.58. The first kappa shape index (κ1) is 14.0. The normalized spacial score (nSPS) is 22.1. The average molecular weight is 298 g/mol. The highest BCUT2D eigenvalue weighted by atomic mass is 32.2. The number of sulfonamides is 1. The van der Waals surface area contributed by atoms with Gasteiger partial charge in [-0.1, -0.05) is 0 Å². The van der Waals surface area contributed by atoms with E-state index < -0.39 is 15.8 Å². The van der Waals surface area contributed by atoms with E-state index in [1.54, 1.807) is 0 Å². The fourth-order valence-electron chi connectivity index (χ4n) is 2.72. The van der Waals surface area contributed by atoms with Crippen LogP contribution in [-0.2, 0) is 10.0 Å². The fraction of sp³-hybridized carbons (Fsp3) is 0.571. The second-order valence-electron chi connectivity index (χ2n) is 5.62. The van der Waals surface area contributed by atoms with Crippen LogP contribution in [0, 0.1) is 5.82 Å². The van der Waals surface area contributed by atoms with Crippen LogP contribution in [0.15, 0.2) is 29.2 Å². The van der Waals surface area contributed by atoms with Crippen molar-refractivity contribution in [3.63, 3.8) is 0 Å². The van der Waals surface area contributed by atoms with Crippen LogP contribution < -0.4 is 4.72 Å². The number of halogens is 1. The molecule has 1 aromatic carbocycles. The first-order chi connectivity index (χ1) is 9.54. The van der Waals surface area contributed by atoms with Crippen molar-refractivity contribution in [1.29, 1.82) is 0 Å². The van der Waals surface area contributed by atoms with Crippen molar-refractivity contribution in [2.45, 2.75) is 42.7 Å². The van der Waals surface area contributed by atoms with Gasteiger partial charge in [-0.15, -0.1) is 0 Å². The van der Waals surface area contributed by atoms with E-state index >= 15 is 0 Å². The lowest BCUT2D eigenvalue weighted by Crippen LogP contribution is -2.45. The minimum Gasteiger partial charge on any atom is -0.300 e. The molecule has 0 amide bonds. The molecule has 20 heavy (non-hydrogen) atoms. The number of nitrogens with zero attached hydrogens (tertiary/aromatic N) is 1. The van der Waals surface area contributed by atoms with Gasteiger partial charge < -0.3 is 4.90 Å². The van der Waals surface area contributed by atoms with Gasteiger partial charge in [0.05, 0.1) is 4.90 Å². The SMILES string of the molecule is O=S(=O)(NC1CCN(C2CC2)CC1)c1ccc(F)cc1. The molecule has 0 unspecified atom stereocenters. The van der Waals surface area contributed by atoms with E-state index in [0.717, 1.165) is 32.0 Å². The molecule has 110 valence electrons. The second kappa shape index (κ2) is 5.42. The largest absolute Gasteiger partial charge is 0.300 e. The molecule has 0 aromatic heterocycles. The van der Waals surface area contributed by atoms with E-state index in [1.807, 2.05) is 0 Å². The summed E-state index contributed by atoms with van der Waals surface area (Å²) < 4.78 is 40.0. The van der Waals surface area contributed by atoms with Gasteiger partial charge in [-0.25, -0.2) is 17.5 Å². The molecule has 3 rings (SSSR count). The molecule has 1 saturated carbocycles. The summed E-state index contributed by atoms with van der Waals surface area (Å²) in [6.45, 7) is 1.92. The zero-order chi connectivity index (χ0) is 14.2. The molecule has 1 N–H and O–H groups in total. The second-order valence-corrected chi connectivity index (χ2v) is 7.33. The number of hydrogen-bond acceptors (Lipinski definition) is 3. The predicted octanol–water partition coefficient (Wildman–Crippen LogP) is 1.73. The summed E-state index contributed by atoms with van der Waals surface area (Å²) in [6.07, 6.45) is 4.26. The molecule has 1 aliphatic heterocycles. The molecule has 0 radical (unpaired) electrons. The Morgan fingerprint density at radius 3 is 2.20 bits per heavy atom. The Labute approximate surface area is 119 Å². The van der Waals surface area contributed by atoms with Crippen LogP contribution in [0.2, 0.25) is 0 Å². The van der Waals surface area contributed by atoms with Gasteiger partial charge in [0.1, 0.15) is 5.82 Å². The Morgan fingerprint density at radius 1 is 1.05 bits per heavy atom. The summed E-state index contributed by atoms with van der Waals surface area (Å²) in [7, 11) is -3.53. The van der Waals surface area contributed by atoms with Crippen molar-refractivity contribution in [1.82, 2.24) is 9.62 Å². The minimum atomic E-state index is -3.53. The zero-order valence-corrected chi connectivity index (χ0v) is 12.1. The van der Waals surface area contributed by atoms with Crippen LogP contribution in [0.3, 0.4) is 0 Å². The highest BCUT2D eigenvalue weighted by molar-refractivity contribution is 7.89. The van der Waals surface area contributed by atoms with E-state index in [1.165, 1.54) is 37.1 Å². The van der Waals surface area contributed by atoms with Gasteiger partial charge >= 0.3 is 0 Å². The Bertz CT molecular complexity index is 561. The Hall–Kier alpha value is -0.980. The lowest BCUT2D eigenvalue weighted by Gasteiger charge is -2.32. The summed E-state index contributed by atoms with van der Waals surface area (Å²) in [5.74, 6) is -0.429. The van der Waals surface area contributed by atoms with Crippen molar-refractivity contribution < 1.29 is 12.8 Å². The smallest absolute Gasteiger partial charge is 0.240 e. The maximum Gasteiger partial charge on any atom is 0.240 e. The standard InChI is InChI=1S/C14H19FN2O2S/c15-11-1-5-14(6-2-11)20(18,19)16-12-7-9-17(10-8-12)13-3-4-13/h1-2,5-6,12-13,16H,3-4,7-10H2. The first-order valence-electron chi connectivity index (χ1n) is 7.06. The number of benzene rings is 1. The average Bonchev–Trinajstić information content (AvgIpc) is 3.24. The van der Waals surface area contributed by atoms with Crippen molar-refractivity contribution in [2.24, 2.45) is 0 Å². The van der Waals surface area contributed by atoms with Crippen molar-refractivity contribution in [2.75, 3.05) is 13.1 Å². The number of piperidine rings is 1. The van der Waals surface area contributed by atoms with Gasteiger partial charge in [0, 0.05) is 12.1 Å². The Balaban J connectivity index is 1.60. The number of rotatable bonds is 4. The third kappa shape index (κ3) is 3.19. The third-order valence-electron chi connectivity index (χ3n) is 4.04. The van der Waals surface area contributed by atoms with E-state index in [2.05, 4.69) is 9.62 Å². The molecule has 0 bridgehead atoms. The van der Waals surface area contributed by atoms with Gasteiger partial charge in [0.15, 0.2) is 0 Å². The van der Waals surface area contributed by atoms with Gasteiger partial charge in [0.25, 0.3) is 0 Å². The molecular formula is C14H19FN2O2S. The minimum absolute atomic E-state index is 0.0138. The molecule has 1 heterocycles. The first-order valence-corrected chi connectivity index (χ1v) is 8.55. The molecule has 4 nitrogen and oxygen atoms in total. The maximum absolute atomic E-state index is 12.8. The molecule has 2 fully saturated rings. The molecule has 1 saturated heterocycles. The van der Waals surface area contributed by atoms with E-state index in [9.17, 15) is 12.8 Å². The van der Waals surface area contributed by atoms with Crippen molar-refractivity contribution in [3.8, 4) is 0 Å². The molecule has 6 heteroatoms. The Morgan fingerprint density at radius 2 is 1.65 bits per heavy atom. The van der Waals surface area contributed by atoms with E-state index in [0.29, 0.717) is 0 Å². The van der Waals surface area contributed by atoms with Gasteiger partial charge in [-0.2, -0.15) is 0 Å². The van der Waals surface area contributed by atoms with Crippen LogP contribution >= 0.6 is 0 Å². The molecule has 0 atom stereocenters. The summed E-state index contributed by atoms with van der Waals surface area (Å²) in [6, 6.07) is 5.67. The summed E-state index contributed by atoms with van der Waals surface area (Å²) >= 11 is 0.